The third-order valence-electron chi connectivity index (χ3n) is 8.67. The molecule has 0 aromatic carbocycles. The van der Waals surface area contributed by atoms with Gasteiger partial charge in [-0.1, -0.05) is 66.9 Å². The van der Waals surface area contributed by atoms with E-state index in [0.29, 0.717) is 6.10 Å². The Morgan fingerprint density at radius 2 is 1.58 bits per heavy atom. The second kappa shape index (κ2) is 11.7. The fraction of sp³-hybridized carbons (Fsp3) is 0.958. The Balaban J connectivity index is 0.000000808. The molecule has 1 heterocycles. The van der Waals surface area contributed by atoms with Gasteiger partial charge in [0.2, 0.25) is 0 Å². The molecule has 4 rings (SSSR count). The summed E-state index contributed by atoms with van der Waals surface area (Å²) in [6.45, 7) is 15.0. The molecule has 1 saturated heterocycles. The van der Waals surface area contributed by atoms with Crippen LogP contribution in [0.4, 0.5) is 0 Å². The quantitative estimate of drug-likeness (QED) is 0.199. The molecule has 0 amide bonds. The van der Waals surface area contributed by atoms with Crippen LogP contribution in [0.25, 0.3) is 4.98 Å². The Morgan fingerprint density at radius 3 is 2.13 bits per heavy atom. The van der Waals surface area contributed by atoms with Gasteiger partial charge in [-0.05, 0) is 67.3 Å². The van der Waals surface area contributed by atoms with Crippen LogP contribution in [0.2, 0.25) is 18.6 Å². The normalized spacial score (nSPS) is 41.8. The van der Waals surface area contributed by atoms with Crippen molar-refractivity contribution < 1.29 is 21.8 Å². The summed E-state index contributed by atoms with van der Waals surface area (Å²) in [5.74, 6) is 4.00. The molecule has 9 unspecified atom stereocenters. The summed E-state index contributed by atoms with van der Waals surface area (Å²) in [4.78, 5) is 5.58. The third-order valence-corrected chi connectivity index (χ3v) is 15.9. The number of methoxy groups -OCH3 is 1. The molecule has 1 aliphatic heterocycles. The van der Waals surface area contributed by atoms with Crippen LogP contribution in [-0.2, 0) is 21.8 Å². The monoisotopic (exact) mass is 541 g/mol. The third kappa shape index (κ3) is 6.17. The van der Waals surface area contributed by atoms with E-state index < -0.39 is 25.3 Å². The van der Waals surface area contributed by atoms with E-state index in [2.05, 4.69) is 40.5 Å². The standard InChI is InChI=1S/C23H43NOPSi.CH3.2ClH.Ti/c1-23(2,3)24-27(6,7)22-17-11-9-8-10-16(17)20-18-14-15(25-4)12-13-19(18)26(5)21(20)22;;;;/h15-22H,8-14H2,1-7H3;1H3;2*1H;/q2*-1;;;+2/p-2. The summed E-state index contributed by atoms with van der Waals surface area (Å²) in [5, 5.41) is 0. The maximum absolute atomic E-state index is 5.88. The second-order valence-electron chi connectivity index (χ2n) is 11.8. The molecule has 31 heavy (non-hydrogen) atoms. The Kier molecular flexibility index (Phi) is 11.0. The molecule has 0 radical (unpaired) electrons. The molecular weight excluding hydrogens is 496 g/mol. The van der Waals surface area contributed by atoms with Crippen molar-refractivity contribution in [2.45, 2.75) is 107 Å². The van der Waals surface area contributed by atoms with Crippen LogP contribution in [0.15, 0.2) is 0 Å². The average Bonchev–Trinajstić information content (AvgIpc) is 3.14. The van der Waals surface area contributed by atoms with Gasteiger partial charge in [0.1, 0.15) is 0 Å². The zero-order chi connectivity index (χ0) is 22.3. The summed E-state index contributed by atoms with van der Waals surface area (Å²) in [6, 6.07) is 0. The molecule has 0 N–H and O–H groups in total. The van der Waals surface area contributed by atoms with Crippen LogP contribution in [-0.4, -0.2) is 45.0 Å². The van der Waals surface area contributed by atoms with Gasteiger partial charge in [-0.3, -0.25) is 0 Å². The van der Waals surface area contributed by atoms with Gasteiger partial charge in [0.25, 0.3) is 0 Å². The van der Waals surface area contributed by atoms with Crippen molar-refractivity contribution in [1.82, 2.24) is 0 Å². The molecule has 182 valence electrons. The molecule has 0 aromatic heterocycles. The van der Waals surface area contributed by atoms with E-state index in [9.17, 15) is 0 Å². The molecule has 0 spiro atoms. The van der Waals surface area contributed by atoms with Gasteiger partial charge in [-0.25, -0.2) is 0 Å². The van der Waals surface area contributed by atoms with Gasteiger partial charge in [0.05, 0.1) is 6.10 Å². The maximum atomic E-state index is 5.88. The topological polar surface area (TPSA) is 23.3 Å². The molecule has 7 heteroatoms. The fourth-order valence-corrected chi connectivity index (χ4v) is 18.2. The molecular formula is C24H46Cl2NOPSiTi-2. The minimum absolute atomic E-state index is 0. The number of rotatable bonds is 3. The fourth-order valence-electron chi connectivity index (χ4n) is 8.34. The summed E-state index contributed by atoms with van der Waals surface area (Å²) in [7, 11) is 10.3. The predicted octanol–water partition coefficient (Wildman–Crippen LogP) is 8.67. The number of ether oxygens (including phenoxy) is 1. The second-order valence-corrected chi connectivity index (χ2v) is 21.1. The Morgan fingerprint density at radius 1 is 1.00 bits per heavy atom. The van der Waals surface area contributed by atoms with Crippen molar-refractivity contribution in [3.05, 3.63) is 12.4 Å². The van der Waals surface area contributed by atoms with Crippen LogP contribution < -0.4 is 0 Å². The van der Waals surface area contributed by atoms with Gasteiger partial charge in [0.15, 0.2) is 0 Å². The summed E-state index contributed by atoms with van der Waals surface area (Å²) >= 11 is -0.556. The first-order valence-electron chi connectivity index (χ1n) is 12.0. The van der Waals surface area contributed by atoms with Crippen LogP contribution >= 0.6 is 26.5 Å². The average molecular weight is 542 g/mol. The van der Waals surface area contributed by atoms with Crippen LogP contribution in [0.5, 0.6) is 0 Å². The molecule has 2 nitrogen and oxygen atoms in total. The molecule has 3 saturated carbocycles. The van der Waals surface area contributed by atoms with E-state index in [4.69, 9.17) is 28.3 Å². The Bertz CT molecular complexity index is 578. The molecule has 4 fully saturated rings. The SMILES string of the molecule is COC1CCC2C(C1)C1C3CCCCC3C([Si](C)(C)[N-]C(C)(C)C)C1P2C.[CH3-].[Cl][Ti][Cl]. The zero-order valence-electron chi connectivity index (χ0n) is 21.1. The first kappa shape index (κ1) is 29.1. The number of hydrogen-bond acceptors (Lipinski definition) is 1. The summed E-state index contributed by atoms with van der Waals surface area (Å²) in [5.41, 5.74) is 3.13. The van der Waals surface area contributed by atoms with Gasteiger partial charge in [0, 0.05) is 7.11 Å². The van der Waals surface area contributed by atoms with Crippen molar-refractivity contribution in [2.75, 3.05) is 13.8 Å². The van der Waals surface area contributed by atoms with Crippen molar-refractivity contribution in [1.29, 1.82) is 0 Å². The summed E-state index contributed by atoms with van der Waals surface area (Å²) < 4.78 is 5.88. The zero-order valence-corrected chi connectivity index (χ0v) is 26.1. The number of fused-ring (bicyclic) bond motifs is 5. The molecule has 0 aromatic rings. The van der Waals surface area contributed by atoms with Crippen molar-refractivity contribution in [3.8, 4) is 0 Å². The first-order valence-corrected chi connectivity index (χ1v) is 21.3. The van der Waals surface area contributed by atoms with E-state index >= 15 is 0 Å². The van der Waals surface area contributed by atoms with Crippen LogP contribution in [0.3, 0.4) is 0 Å². The predicted molar refractivity (Wildman–Crippen MR) is 140 cm³/mol. The molecule has 0 bridgehead atoms. The number of nitrogens with zero attached hydrogens (tertiary/aromatic N) is 1. The van der Waals surface area contributed by atoms with E-state index in [0.717, 1.165) is 40.5 Å². The van der Waals surface area contributed by atoms with Crippen LogP contribution in [0.1, 0.15) is 65.7 Å². The molecule has 4 aliphatic rings. The minimum atomic E-state index is -1.62. The van der Waals surface area contributed by atoms with Gasteiger partial charge < -0.3 is 17.1 Å². The summed E-state index contributed by atoms with van der Waals surface area (Å²) in [6.07, 6.45) is 10.7. The van der Waals surface area contributed by atoms with Crippen molar-refractivity contribution in [3.63, 3.8) is 0 Å². The van der Waals surface area contributed by atoms with Crippen LogP contribution in [0, 0.1) is 31.1 Å². The van der Waals surface area contributed by atoms with Crippen molar-refractivity contribution in [2.24, 2.45) is 23.7 Å². The Labute approximate surface area is 212 Å². The van der Waals surface area contributed by atoms with E-state index in [1.54, 1.807) is 0 Å². The van der Waals surface area contributed by atoms with E-state index in [1.165, 1.54) is 44.9 Å². The molecule has 3 aliphatic carbocycles. The van der Waals surface area contributed by atoms with E-state index in [-0.39, 0.29) is 20.9 Å². The van der Waals surface area contributed by atoms with Gasteiger partial charge >= 0.3 is 35.6 Å². The number of halogens is 2. The molecule has 9 atom stereocenters. The number of hydrogen-bond donors (Lipinski definition) is 0. The Hall–Kier alpha value is 1.86. The van der Waals surface area contributed by atoms with Gasteiger partial charge in [-0.2, -0.15) is 0 Å². The first-order chi connectivity index (χ1) is 14.1. The van der Waals surface area contributed by atoms with Gasteiger partial charge in [-0.15, -0.1) is 13.5 Å². The van der Waals surface area contributed by atoms with E-state index in [1.807, 2.05) is 7.11 Å². The van der Waals surface area contributed by atoms with Crippen molar-refractivity contribution >= 4 is 34.8 Å².